The Hall–Kier alpha value is -1.93. The van der Waals surface area contributed by atoms with Crippen LogP contribution in [-0.2, 0) is 16.1 Å². The second-order valence-corrected chi connectivity index (χ2v) is 9.26. The summed E-state index contributed by atoms with van der Waals surface area (Å²) in [5.74, 6) is 1.45. The van der Waals surface area contributed by atoms with Gasteiger partial charge in [-0.05, 0) is 31.6 Å². The second-order valence-electron chi connectivity index (χ2n) is 9.26. The zero-order chi connectivity index (χ0) is 20.5. The number of piperazine rings is 1. The summed E-state index contributed by atoms with van der Waals surface area (Å²) < 4.78 is 0. The van der Waals surface area contributed by atoms with E-state index >= 15 is 0 Å². The van der Waals surface area contributed by atoms with Crippen molar-refractivity contribution in [3.05, 3.63) is 18.2 Å². The van der Waals surface area contributed by atoms with E-state index in [1.54, 1.807) is 12.4 Å². The summed E-state index contributed by atoms with van der Waals surface area (Å²) in [6.45, 7) is 7.34. The van der Waals surface area contributed by atoms with E-state index in [4.69, 9.17) is 0 Å². The van der Waals surface area contributed by atoms with Gasteiger partial charge in [0.05, 0.1) is 25.1 Å². The van der Waals surface area contributed by atoms with Crippen LogP contribution in [0.15, 0.2) is 12.4 Å². The SMILES string of the molecule is CC(C)C[C@@H]1[C@H](C(=O)N2CCC(O)CC2)C[C@@H]2CN(Cc3ncc[nH]3)CC(=O)N21. The minimum Gasteiger partial charge on any atom is -0.393 e. The fourth-order valence-corrected chi connectivity index (χ4v) is 5.28. The number of fused-ring (bicyclic) bond motifs is 1. The number of carbonyl (C=O) groups excluding carboxylic acids is 2. The van der Waals surface area contributed by atoms with E-state index in [-0.39, 0.29) is 35.9 Å². The van der Waals surface area contributed by atoms with Crippen molar-refractivity contribution in [2.24, 2.45) is 11.8 Å². The topological polar surface area (TPSA) is 92.8 Å². The van der Waals surface area contributed by atoms with E-state index < -0.39 is 0 Å². The maximum absolute atomic E-state index is 13.4. The number of H-pyrrole nitrogens is 1. The molecule has 2 N–H and O–H groups in total. The number of hydrogen-bond acceptors (Lipinski definition) is 5. The number of aliphatic hydroxyl groups is 1. The molecule has 0 saturated carbocycles. The first kappa shape index (κ1) is 20.3. The van der Waals surface area contributed by atoms with Crippen LogP contribution in [0, 0.1) is 11.8 Å². The number of aliphatic hydroxyl groups excluding tert-OH is 1. The zero-order valence-electron chi connectivity index (χ0n) is 17.5. The molecule has 2 amide bonds. The van der Waals surface area contributed by atoms with Crippen LogP contribution >= 0.6 is 0 Å². The van der Waals surface area contributed by atoms with Crippen LogP contribution in [0.5, 0.6) is 0 Å². The van der Waals surface area contributed by atoms with Crippen molar-refractivity contribution >= 4 is 11.8 Å². The number of nitrogens with zero attached hydrogens (tertiary/aromatic N) is 4. The minimum atomic E-state index is -0.294. The van der Waals surface area contributed by atoms with Gasteiger partial charge in [0.15, 0.2) is 0 Å². The standard InChI is InChI=1S/C21H33N5O3/c1-14(2)9-18-17(21(29)25-7-3-16(27)4-8-25)10-15-11-24(13-20(28)26(15)18)12-19-22-5-6-23-19/h5-6,14-18,27H,3-4,7-13H2,1-2H3,(H,22,23)/t15-,17-,18-/m1/s1. The predicted octanol–water partition coefficient (Wildman–Crippen LogP) is 0.840. The first-order valence-corrected chi connectivity index (χ1v) is 10.9. The molecule has 0 bridgehead atoms. The lowest BCUT2D eigenvalue weighted by Gasteiger charge is -2.40. The summed E-state index contributed by atoms with van der Waals surface area (Å²) in [6.07, 6.45) is 6.12. The highest BCUT2D eigenvalue weighted by atomic mass is 16.3. The van der Waals surface area contributed by atoms with Gasteiger partial charge < -0.3 is 19.9 Å². The van der Waals surface area contributed by atoms with Crippen molar-refractivity contribution < 1.29 is 14.7 Å². The highest BCUT2D eigenvalue weighted by molar-refractivity contribution is 5.85. The Labute approximate surface area is 172 Å². The van der Waals surface area contributed by atoms with Crippen molar-refractivity contribution in [1.82, 2.24) is 24.7 Å². The van der Waals surface area contributed by atoms with E-state index in [9.17, 15) is 14.7 Å². The maximum Gasteiger partial charge on any atom is 0.237 e. The van der Waals surface area contributed by atoms with E-state index in [1.165, 1.54) is 0 Å². The number of hydrogen-bond donors (Lipinski definition) is 2. The Morgan fingerprint density at radius 1 is 1.34 bits per heavy atom. The monoisotopic (exact) mass is 403 g/mol. The largest absolute Gasteiger partial charge is 0.393 e. The van der Waals surface area contributed by atoms with Gasteiger partial charge in [-0.2, -0.15) is 0 Å². The van der Waals surface area contributed by atoms with Crippen molar-refractivity contribution in [1.29, 1.82) is 0 Å². The molecule has 3 saturated heterocycles. The molecule has 29 heavy (non-hydrogen) atoms. The molecule has 4 heterocycles. The summed E-state index contributed by atoms with van der Waals surface area (Å²) in [6, 6.07) is 0.0666. The van der Waals surface area contributed by atoms with Crippen LogP contribution in [0.2, 0.25) is 0 Å². The molecule has 1 aromatic heterocycles. The molecule has 0 spiro atoms. The van der Waals surface area contributed by atoms with E-state index in [1.807, 2.05) is 9.80 Å². The third kappa shape index (κ3) is 4.33. The van der Waals surface area contributed by atoms with Gasteiger partial charge in [0, 0.05) is 44.1 Å². The van der Waals surface area contributed by atoms with E-state index in [2.05, 4.69) is 28.7 Å². The number of aromatic nitrogens is 2. The first-order chi connectivity index (χ1) is 13.9. The number of nitrogens with one attached hydrogen (secondary N) is 1. The molecule has 8 nitrogen and oxygen atoms in total. The van der Waals surface area contributed by atoms with Crippen LogP contribution in [-0.4, -0.2) is 86.0 Å². The van der Waals surface area contributed by atoms with Crippen molar-refractivity contribution in [3.8, 4) is 0 Å². The smallest absolute Gasteiger partial charge is 0.237 e. The van der Waals surface area contributed by atoms with Crippen LogP contribution < -0.4 is 0 Å². The molecule has 160 valence electrons. The van der Waals surface area contributed by atoms with Crippen molar-refractivity contribution in [3.63, 3.8) is 0 Å². The predicted molar refractivity (Wildman–Crippen MR) is 108 cm³/mol. The lowest BCUT2D eigenvalue weighted by Crippen LogP contribution is -2.56. The van der Waals surface area contributed by atoms with Crippen LogP contribution in [0.25, 0.3) is 0 Å². The van der Waals surface area contributed by atoms with Gasteiger partial charge >= 0.3 is 0 Å². The van der Waals surface area contributed by atoms with E-state index in [0.29, 0.717) is 44.9 Å². The van der Waals surface area contributed by atoms with Gasteiger partial charge in [-0.1, -0.05) is 13.8 Å². The minimum absolute atomic E-state index is 0.0161. The average molecular weight is 404 g/mol. The van der Waals surface area contributed by atoms with Gasteiger partial charge in [0.2, 0.25) is 11.8 Å². The molecule has 1 aromatic rings. The normalized spacial score (nSPS) is 29.0. The highest BCUT2D eigenvalue weighted by Crippen LogP contribution is 2.38. The summed E-state index contributed by atoms with van der Waals surface area (Å²) >= 11 is 0. The highest BCUT2D eigenvalue weighted by Gasteiger charge is 2.50. The number of rotatable bonds is 5. The molecule has 0 radical (unpaired) electrons. The van der Waals surface area contributed by atoms with Crippen LogP contribution in [0.1, 0.15) is 45.4 Å². The second kappa shape index (κ2) is 8.44. The Kier molecular flexibility index (Phi) is 5.92. The fraction of sp³-hybridized carbons (Fsp3) is 0.762. The number of piperidine rings is 1. The van der Waals surface area contributed by atoms with Gasteiger partial charge in [-0.25, -0.2) is 4.98 Å². The molecular formula is C21H33N5O3. The van der Waals surface area contributed by atoms with Gasteiger partial charge in [0.1, 0.15) is 5.82 Å². The van der Waals surface area contributed by atoms with Gasteiger partial charge in [-0.15, -0.1) is 0 Å². The maximum atomic E-state index is 13.4. The lowest BCUT2D eigenvalue weighted by molar-refractivity contribution is -0.143. The Balaban J connectivity index is 1.49. The third-order valence-electron chi connectivity index (χ3n) is 6.59. The third-order valence-corrected chi connectivity index (χ3v) is 6.59. The molecule has 4 rings (SSSR count). The number of imidazole rings is 1. The van der Waals surface area contributed by atoms with E-state index in [0.717, 1.165) is 25.2 Å². The quantitative estimate of drug-likeness (QED) is 0.760. The Morgan fingerprint density at radius 2 is 2.10 bits per heavy atom. The molecular weight excluding hydrogens is 370 g/mol. The average Bonchev–Trinajstić information content (AvgIpc) is 3.29. The van der Waals surface area contributed by atoms with Crippen LogP contribution in [0.4, 0.5) is 0 Å². The number of amides is 2. The summed E-state index contributed by atoms with van der Waals surface area (Å²) in [5, 5.41) is 9.78. The van der Waals surface area contributed by atoms with Crippen molar-refractivity contribution in [2.45, 2.75) is 64.3 Å². The van der Waals surface area contributed by atoms with Crippen LogP contribution in [0.3, 0.4) is 0 Å². The fourth-order valence-electron chi connectivity index (χ4n) is 5.28. The molecule has 3 aliphatic rings. The van der Waals surface area contributed by atoms with Gasteiger partial charge in [-0.3, -0.25) is 14.5 Å². The lowest BCUT2D eigenvalue weighted by atomic mass is 9.90. The summed E-state index contributed by atoms with van der Waals surface area (Å²) in [7, 11) is 0. The molecule has 0 unspecified atom stereocenters. The van der Waals surface area contributed by atoms with Crippen molar-refractivity contribution in [2.75, 3.05) is 26.2 Å². The molecule has 3 atom stereocenters. The number of likely N-dealkylation sites (tertiary alicyclic amines) is 1. The summed E-state index contributed by atoms with van der Waals surface area (Å²) in [5.41, 5.74) is 0. The molecule has 3 fully saturated rings. The number of aromatic amines is 1. The molecule has 3 aliphatic heterocycles. The Bertz CT molecular complexity index is 714. The summed E-state index contributed by atoms with van der Waals surface area (Å²) in [4.78, 5) is 39.9. The molecule has 0 aromatic carbocycles. The Morgan fingerprint density at radius 3 is 2.76 bits per heavy atom. The first-order valence-electron chi connectivity index (χ1n) is 10.9. The molecule has 0 aliphatic carbocycles. The van der Waals surface area contributed by atoms with Gasteiger partial charge in [0.25, 0.3) is 0 Å². The molecule has 8 heteroatoms. The zero-order valence-corrected chi connectivity index (χ0v) is 17.5. The number of carbonyl (C=O) groups is 2.